The number of aromatic amines is 1. The molecule has 0 aliphatic heterocycles. The van der Waals surface area contributed by atoms with Gasteiger partial charge < -0.3 is 10.3 Å². The number of para-hydroxylation sites is 2. The van der Waals surface area contributed by atoms with Crippen LogP contribution in [0, 0.1) is 13.8 Å². The van der Waals surface area contributed by atoms with Crippen LogP contribution in [0.3, 0.4) is 0 Å². The predicted molar refractivity (Wildman–Crippen MR) is 84.6 cm³/mol. The molecule has 5 nitrogen and oxygen atoms in total. The van der Waals surface area contributed by atoms with Crippen molar-refractivity contribution >= 4 is 16.9 Å². The second-order valence-corrected chi connectivity index (χ2v) is 5.11. The van der Waals surface area contributed by atoms with Gasteiger partial charge in [-0.2, -0.15) is 0 Å². The summed E-state index contributed by atoms with van der Waals surface area (Å²) < 4.78 is 0. The summed E-state index contributed by atoms with van der Waals surface area (Å²) in [4.78, 5) is 17.1. The van der Waals surface area contributed by atoms with Gasteiger partial charge >= 0.3 is 0 Å². The van der Waals surface area contributed by atoms with Crippen LogP contribution < -0.4 is 5.32 Å². The first-order chi connectivity index (χ1) is 10.2. The third kappa shape index (κ3) is 2.72. The van der Waals surface area contributed by atoms with Crippen molar-refractivity contribution in [3.63, 3.8) is 0 Å². The summed E-state index contributed by atoms with van der Waals surface area (Å²) in [5.41, 5.74) is 4.13. The summed E-state index contributed by atoms with van der Waals surface area (Å²) in [6, 6.07) is 8.01. The van der Waals surface area contributed by atoms with Gasteiger partial charge in [-0.15, -0.1) is 0 Å². The standard InChI is InChI=1S/C16H19N5/c1-4-17-16-10(2)11(3)18-14(21-16)9-15-19-12-7-5-6-8-13(12)20-15/h5-8H,4,9H2,1-3H3,(H,19,20)(H,17,18,21). The average molecular weight is 281 g/mol. The van der Waals surface area contributed by atoms with E-state index in [1.54, 1.807) is 0 Å². The number of anilines is 1. The topological polar surface area (TPSA) is 66.5 Å². The maximum atomic E-state index is 4.61. The van der Waals surface area contributed by atoms with Crippen LogP contribution in [0.15, 0.2) is 24.3 Å². The van der Waals surface area contributed by atoms with E-state index in [2.05, 4.69) is 32.2 Å². The van der Waals surface area contributed by atoms with Gasteiger partial charge in [0.1, 0.15) is 17.5 Å². The molecule has 108 valence electrons. The van der Waals surface area contributed by atoms with Crippen molar-refractivity contribution in [3.05, 3.63) is 47.2 Å². The Morgan fingerprint density at radius 2 is 1.90 bits per heavy atom. The lowest BCUT2D eigenvalue weighted by Crippen LogP contribution is -2.08. The number of imidazole rings is 1. The van der Waals surface area contributed by atoms with Crippen LogP contribution in [0.2, 0.25) is 0 Å². The molecule has 0 aliphatic rings. The van der Waals surface area contributed by atoms with Crippen LogP contribution >= 0.6 is 0 Å². The summed E-state index contributed by atoms with van der Waals surface area (Å²) in [5.74, 6) is 2.59. The van der Waals surface area contributed by atoms with Crippen LogP contribution in [0.4, 0.5) is 5.82 Å². The lowest BCUT2D eigenvalue weighted by molar-refractivity contribution is 0.889. The number of hydrogen-bond donors (Lipinski definition) is 2. The fraction of sp³-hybridized carbons (Fsp3) is 0.312. The van der Waals surface area contributed by atoms with Gasteiger partial charge in [0.15, 0.2) is 0 Å². The fourth-order valence-corrected chi connectivity index (χ4v) is 2.34. The van der Waals surface area contributed by atoms with Crippen LogP contribution in [0.5, 0.6) is 0 Å². The molecule has 0 saturated carbocycles. The van der Waals surface area contributed by atoms with E-state index in [1.807, 2.05) is 38.1 Å². The third-order valence-corrected chi connectivity index (χ3v) is 3.54. The van der Waals surface area contributed by atoms with E-state index in [-0.39, 0.29) is 0 Å². The highest BCUT2D eigenvalue weighted by Crippen LogP contribution is 2.17. The van der Waals surface area contributed by atoms with Crippen LogP contribution in [-0.4, -0.2) is 26.5 Å². The molecule has 2 N–H and O–H groups in total. The fourth-order valence-electron chi connectivity index (χ4n) is 2.34. The SMILES string of the molecule is CCNc1nc(Cc2nc3ccccc3[nH]2)nc(C)c1C. The molecule has 0 saturated heterocycles. The molecule has 5 heteroatoms. The molecule has 0 fully saturated rings. The molecular weight excluding hydrogens is 262 g/mol. The van der Waals surface area contributed by atoms with E-state index in [9.17, 15) is 0 Å². The Bertz CT molecular complexity index is 742. The number of H-pyrrole nitrogens is 1. The summed E-state index contributed by atoms with van der Waals surface area (Å²) in [5, 5.41) is 3.29. The Labute approximate surface area is 123 Å². The van der Waals surface area contributed by atoms with E-state index >= 15 is 0 Å². The first-order valence-corrected chi connectivity index (χ1v) is 7.19. The second-order valence-electron chi connectivity index (χ2n) is 5.11. The maximum absolute atomic E-state index is 4.61. The normalized spacial score (nSPS) is 11.0. The lowest BCUT2D eigenvalue weighted by atomic mass is 10.2. The largest absolute Gasteiger partial charge is 0.370 e. The van der Waals surface area contributed by atoms with E-state index in [0.717, 1.165) is 46.3 Å². The molecule has 0 amide bonds. The number of nitrogens with one attached hydrogen (secondary N) is 2. The highest BCUT2D eigenvalue weighted by atomic mass is 15.0. The van der Waals surface area contributed by atoms with Gasteiger partial charge in [-0.05, 0) is 32.9 Å². The predicted octanol–water partition coefficient (Wildman–Crippen LogP) is 2.99. The van der Waals surface area contributed by atoms with E-state index in [0.29, 0.717) is 6.42 Å². The van der Waals surface area contributed by atoms with Crippen molar-refractivity contribution in [2.45, 2.75) is 27.2 Å². The molecule has 0 bridgehead atoms. The van der Waals surface area contributed by atoms with Gasteiger partial charge in [-0.25, -0.2) is 15.0 Å². The molecule has 1 aromatic carbocycles. The van der Waals surface area contributed by atoms with Gasteiger partial charge in [0.05, 0.1) is 17.5 Å². The van der Waals surface area contributed by atoms with Crippen molar-refractivity contribution in [1.82, 2.24) is 19.9 Å². The van der Waals surface area contributed by atoms with Gasteiger partial charge in [0, 0.05) is 17.8 Å². The summed E-state index contributed by atoms with van der Waals surface area (Å²) in [7, 11) is 0. The highest BCUT2D eigenvalue weighted by molar-refractivity contribution is 5.74. The minimum atomic E-state index is 0.605. The van der Waals surface area contributed by atoms with Crippen molar-refractivity contribution in [2.24, 2.45) is 0 Å². The van der Waals surface area contributed by atoms with Crippen LogP contribution in [0.25, 0.3) is 11.0 Å². The minimum absolute atomic E-state index is 0.605. The van der Waals surface area contributed by atoms with E-state index in [1.165, 1.54) is 0 Å². The number of aryl methyl sites for hydroxylation is 1. The van der Waals surface area contributed by atoms with Gasteiger partial charge in [-0.1, -0.05) is 12.1 Å². The van der Waals surface area contributed by atoms with Gasteiger partial charge in [-0.3, -0.25) is 0 Å². The molecule has 2 heterocycles. The van der Waals surface area contributed by atoms with Crippen molar-refractivity contribution in [1.29, 1.82) is 0 Å². The molecule has 3 rings (SSSR count). The Hall–Kier alpha value is -2.43. The zero-order valence-electron chi connectivity index (χ0n) is 12.6. The van der Waals surface area contributed by atoms with Crippen molar-refractivity contribution in [2.75, 3.05) is 11.9 Å². The smallest absolute Gasteiger partial charge is 0.138 e. The maximum Gasteiger partial charge on any atom is 0.138 e. The molecule has 3 aromatic rings. The summed E-state index contributed by atoms with van der Waals surface area (Å²) in [6.07, 6.45) is 0.605. The summed E-state index contributed by atoms with van der Waals surface area (Å²) in [6.45, 7) is 6.97. The van der Waals surface area contributed by atoms with E-state index < -0.39 is 0 Å². The number of benzene rings is 1. The minimum Gasteiger partial charge on any atom is -0.370 e. The van der Waals surface area contributed by atoms with E-state index in [4.69, 9.17) is 0 Å². The number of nitrogens with zero attached hydrogens (tertiary/aromatic N) is 3. The quantitative estimate of drug-likeness (QED) is 0.771. The molecule has 0 aliphatic carbocycles. The zero-order valence-corrected chi connectivity index (χ0v) is 12.6. The highest BCUT2D eigenvalue weighted by Gasteiger charge is 2.10. The number of hydrogen-bond acceptors (Lipinski definition) is 4. The molecule has 0 atom stereocenters. The molecule has 0 spiro atoms. The van der Waals surface area contributed by atoms with Gasteiger partial charge in [0.25, 0.3) is 0 Å². The van der Waals surface area contributed by atoms with Crippen molar-refractivity contribution < 1.29 is 0 Å². The first-order valence-electron chi connectivity index (χ1n) is 7.19. The molecule has 2 aromatic heterocycles. The number of aromatic nitrogens is 4. The van der Waals surface area contributed by atoms with Crippen LogP contribution in [-0.2, 0) is 6.42 Å². The molecule has 0 unspecified atom stereocenters. The second kappa shape index (κ2) is 5.52. The third-order valence-electron chi connectivity index (χ3n) is 3.54. The molecule has 21 heavy (non-hydrogen) atoms. The number of rotatable bonds is 4. The Morgan fingerprint density at radius 3 is 2.67 bits per heavy atom. The Balaban J connectivity index is 1.93. The van der Waals surface area contributed by atoms with Crippen LogP contribution in [0.1, 0.15) is 29.8 Å². The Kier molecular flexibility index (Phi) is 3.56. The molecule has 0 radical (unpaired) electrons. The lowest BCUT2D eigenvalue weighted by Gasteiger charge is -2.10. The molecular formula is C16H19N5. The monoisotopic (exact) mass is 281 g/mol. The average Bonchev–Trinajstić information content (AvgIpc) is 2.86. The first kappa shape index (κ1) is 13.5. The van der Waals surface area contributed by atoms with Crippen molar-refractivity contribution in [3.8, 4) is 0 Å². The number of fused-ring (bicyclic) bond motifs is 1. The Morgan fingerprint density at radius 1 is 1.10 bits per heavy atom. The summed E-state index contributed by atoms with van der Waals surface area (Å²) >= 11 is 0. The zero-order chi connectivity index (χ0) is 14.8. The van der Waals surface area contributed by atoms with Gasteiger partial charge in [0.2, 0.25) is 0 Å².